The zero-order valence-electron chi connectivity index (χ0n) is 25.5. The maximum atomic E-state index is 13.9. The van der Waals surface area contributed by atoms with Crippen LogP contribution >= 0.6 is 39.1 Å². The average molecular weight is 709 g/mol. The molecule has 0 aliphatic heterocycles. The van der Waals surface area contributed by atoms with Gasteiger partial charge in [0.2, 0.25) is 0 Å². The Labute approximate surface area is 280 Å². The summed E-state index contributed by atoms with van der Waals surface area (Å²) >= 11 is 16.4. The van der Waals surface area contributed by atoms with E-state index in [1.165, 1.54) is 4.68 Å². The summed E-state index contributed by atoms with van der Waals surface area (Å²) in [5, 5.41) is 6.09. The molecular formula is C35H32BrCl2N3O4. The molecule has 0 aliphatic rings. The lowest BCUT2D eigenvalue weighted by atomic mass is 9.96. The summed E-state index contributed by atoms with van der Waals surface area (Å²) in [6, 6.07) is 20.4. The number of aryl methyl sites for hydroxylation is 1. The third-order valence-corrected chi connectivity index (χ3v) is 8.95. The minimum Gasteiger partial charge on any atom is -0.496 e. The van der Waals surface area contributed by atoms with Crippen LogP contribution in [-0.2, 0) is 6.61 Å². The summed E-state index contributed by atoms with van der Waals surface area (Å²) in [7, 11) is 1.66. The van der Waals surface area contributed by atoms with Gasteiger partial charge in [-0.2, -0.15) is 9.78 Å². The van der Waals surface area contributed by atoms with Crippen LogP contribution in [0.2, 0.25) is 10.0 Å². The molecule has 0 saturated carbocycles. The first-order valence-electron chi connectivity index (χ1n) is 14.4. The van der Waals surface area contributed by atoms with Gasteiger partial charge in [-0.05, 0) is 94.9 Å². The van der Waals surface area contributed by atoms with Crippen LogP contribution in [0.25, 0.3) is 22.3 Å². The Hall–Kier alpha value is -3.85. The molecule has 1 heterocycles. The second-order valence-electron chi connectivity index (χ2n) is 10.6. The number of para-hydroxylation sites is 1. The van der Waals surface area contributed by atoms with E-state index in [4.69, 9.17) is 42.4 Å². The fourth-order valence-corrected chi connectivity index (χ4v) is 5.70. The highest BCUT2D eigenvalue weighted by atomic mass is 79.9. The third kappa shape index (κ3) is 6.88. The number of fused-ring (bicyclic) bond motifs is 1. The molecule has 0 fully saturated rings. The molecule has 232 valence electrons. The molecule has 0 amide bonds. The lowest BCUT2D eigenvalue weighted by molar-refractivity contribution is 0.269. The van der Waals surface area contributed by atoms with Gasteiger partial charge in [0.1, 0.15) is 17.4 Å². The van der Waals surface area contributed by atoms with E-state index >= 15 is 0 Å². The van der Waals surface area contributed by atoms with E-state index in [2.05, 4.69) is 34.9 Å². The van der Waals surface area contributed by atoms with Crippen molar-refractivity contribution < 1.29 is 14.2 Å². The van der Waals surface area contributed by atoms with E-state index in [0.29, 0.717) is 54.9 Å². The average Bonchev–Trinajstić information content (AvgIpc) is 3.03. The highest BCUT2D eigenvalue weighted by Crippen LogP contribution is 2.43. The number of halogens is 3. The van der Waals surface area contributed by atoms with E-state index in [0.717, 1.165) is 28.0 Å². The van der Waals surface area contributed by atoms with Crippen LogP contribution < -0.4 is 19.8 Å². The number of ether oxygens (including phenoxy) is 3. The van der Waals surface area contributed by atoms with Crippen molar-refractivity contribution in [3.05, 3.63) is 114 Å². The lowest BCUT2D eigenvalue weighted by Gasteiger charge is -2.18. The topological polar surface area (TPSA) is 74.9 Å². The molecule has 4 aromatic carbocycles. The maximum Gasteiger partial charge on any atom is 0.282 e. The van der Waals surface area contributed by atoms with Gasteiger partial charge in [0.05, 0.1) is 30.8 Å². The van der Waals surface area contributed by atoms with Crippen LogP contribution in [0.15, 0.2) is 81.1 Å². The van der Waals surface area contributed by atoms with Gasteiger partial charge in [0.25, 0.3) is 5.56 Å². The first-order chi connectivity index (χ1) is 21.6. The van der Waals surface area contributed by atoms with E-state index in [-0.39, 0.29) is 18.1 Å². The van der Waals surface area contributed by atoms with Gasteiger partial charge in [-0.25, -0.2) is 4.98 Å². The van der Waals surface area contributed by atoms with Crippen LogP contribution in [0, 0.1) is 6.92 Å². The minimum absolute atomic E-state index is 0.180. The van der Waals surface area contributed by atoms with E-state index in [1.807, 2.05) is 56.3 Å². The largest absolute Gasteiger partial charge is 0.496 e. The van der Waals surface area contributed by atoms with Gasteiger partial charge in [0.15, 0.2) is 17.3 Å². The molecule has 0 atom stereocenters. The summed E-state index contributed by atoms with van der Waals surface area (Å²) in [6.07, 6.45) is 1.56. The summed E-state index contributed by atoms with van der Waals surface area (Å²) in [5.41, 5.74) is 4.46. The summed E-state index contributed by atoms with van der Waals surface area (Å²) in [5.74, 6) is 2.20. The quantitative estimate of drug-likeness (QED) is 0.135. The first kappa shape index (κ1) is 32.5. The van der Waals surface area contributed by atoms with Gasteiger partial charge in [0, 0.05) is 20.6 Å². The Kier molecular flexibility index (Phi) is 10.2. The SMILES string of the molecule is CCOc1cc(C=Nn2c(-c3cc(C(C)C)c(OC)cc3C)nc3ccccc3c2=O)c(Br)c(Cl)c1OCc1ccc(Cl)cc1. The second-order valence-corrected chi connectivity index (χ2v) is 12.3. The van der Waals surface area contributed by atoms with Crippen molar-refractivity contribution in [2.24, 2.45) is 5.10 Å². The Bertz CT molecular complexity index is 1960. The van der Waals surface area contributed by atoms with Crippen molar-refractivity contribution in [2.75, 3.05) is 13.7 Å². The van der Waals surface area contributed by atoms with Crippen molar-refractivity contribution in [3.63, 3.8) is 0 Å². The van der Waals surface area contributed by atoms with Crippen LogP contribution in [0.4, 0.5) is 0 Å². The molecule has 0 spiro atoms. The van der Waals surface area contributed by atoms with Crippen LogP contribution in [-0.4, -0.2) is 29.6 Å². The summed E-state index contributed by atoms with van der Waals surface area (Å²) in [4.78, 5) is 18.8. The number of aromatic nitrogens is 2. The molecule has 0 saturated heterocycles. The smallest absolute Gasteiger partial charge is 0.282 e. The standard InChI is InChI=1S/C35H32BrCl2N3O4/c1-6-44-30-16-23(31(36)32(38)33(30)45-19-22-11-13-24(37)14-12-22)18-39-41-34(40-28-10-8-7-9-25(28)35(41)42)27-17-26(20(2)3)29(43-5)15-21(27)4/h7-18,20H,6,19H2,1-5H3. The molecule has 7 nitrogen and oxygen atoms in total. The molecule has 0 N–H and O–H groups in total. The van der Waals surface area contributed by atoms with Crippen molar-refractivity contribution >= 4 is 56.2 Å². The van der Waals surface area contributed by atoms with Gasteiger partial charge >= 0.3 is 0 Å². The molecule has 10 heteroatoms. The number of hydrogen-bond acceptors (Lipinski definition) is 6. The molecule has 0 unspecified atom stereocenters. The van der Waals surface area contributed by atoms with E-state index in [1.54, 1.807) is 37.6 Å². The minimum atomic E-state index is -0.302. The molecule has 0 radical (unpaired) electrons. The monoisotopic (exact) mass is 707 g/mol. The highest BCUT2D eigenvalue weighted by molar-refractivity contribution is 9.10. The molecule has 0 aliphatic carbocycles. The fraction of sp³-hybridized carbons (Fsp3) is 0.229. The predicted molar refractivity (Wildman–Crippen MR) is 186 cm³/mol. The Balaban J connectivity index is 1.63. The zero-order chi connectivity index (χ0) is 32.2. The Morgan fingerprint density at radius 2 is 1.76 bits per heavy atom. The third-order valence-electron chi connectivity index (χ3n) is 7.26. The van der Waals surface area contributed by atoms with Gasteiger partial charge in [-0.3, -0.25) is 4.79 Å². The van der Waals surface area contributed by atoms with Gasteiger partial charge in [-0.1, -0.05) is 61.3 Å². The van der Waals surface area contributed by atoms with Gasteiger partial charge in [-0.15, -0.1) is 0 Å². The first-order valence-corrected chi connectivity index (χ1v) is 15.9. The van der Waals surface area contributed by atoms with Crippen LogP contribution in [0.1, 0.15) is 48.9 Å². The second kappa shape index (κ2) is 14.1. The number of rotatable bonds is 10. The molecule has 5 aromatic rings. The number of methoxy groups -OCH3 is 1. The van der Waals surface area contributed by atoms with Crippen molar-refractivity contribution in [2.45, 2.75) is 40.2 Å². The van der Waals surface area contributed by atoms with Crippen LogP contribution in [0.5, 0.6) is 17.2 Å². The summed E-state index contributed by atoms with van der Waals surface area (Å²) in [6.45, 7) is 8.68. The molecular weight excluding hydrogens is 677 g/mol. The molecule has 0 bridgehead atoms. The van der Waals surface area contributed by atoms with Crippen molar-refractivity contribution in [1.82, 2.24) is 9.66 Å². The fourth-order valence-electron chi connectivity index (χ4n) is 4.92. The van der Waals surface area contributed by atoms with Gasteiger partial charge < -0.3 is 14.2 Å². The van der Waals surface area contributed by atoms with Crippen LogP contribution in [0.3, 0.4) is 0 Å². The predicted octanol–water partition coefficient (Wildman–Crippen LogP) is 9.43. The molecule has 1 aromatic heterocycles. The lowest BCUT2D eigenvalue weighted by Crippen LogP contribution is -2.21. The Morgan fingerprint density at radius 1 is 1.02 bits per heavy atom. The molecule has 45 heavy (non-hydrogen) atoms. The Morgan fingerprint density at radius 3 is 2.44 bits per heavy atom. The number of benzene rings is 4. The summed E-state index contributed by atoms with van der Waals surface area (Å²) < 4.78 is 19.5. The zero-order valence-corrected chi connectivity index (χ0v) is 28.6. The number of nitrogens with zero attached hydrogens (tertiary/aromatic N) is 3. The van der Waals surface area contributed by atoms with Crippen molar-refractivity contribution in [3.8, 4) is 28.6 Å². The highest BCUT2D eigenvalue weighted by Gasteiger charge is 2.20. The maximum absolute atomic E-state index is 13.9. The molecule has 5 rings (SSSR count). The van der Waals surface area contributed by atoms with Crippen molar-refractivity contribution in [1.29, 1.82) is 0 Å². The van der Waals surface area contributed by atoms with E-state index in [9.17, 15) is 4.79 Å². The normalized spacial score (nSPS) is 11.5. The number of hydrogen-bond donors (Lipinski definition) is 0. The van der Waals surface area contributed by atoms with E-state index < -0.39 is 0 Å².